The van der Waals surface area contributed by atoms with Crippen LogP contribution in [0.15, 0.2) is 48.5 Å². The summed E-state index contributed by atoms with van der Waals surface area (Å²) in [4.78, 5) is 11.6. The molecule has 0 bridgehead atoms. The van der Waals surface area contributed by atoms with Gasteiger partial charge in [0.05, 0.1) is 16.3 Å². The first-order chi connectivity index (χ1) is 11.4. The number of amides is 1. The Labute approximate surface area is 141 Å². The van der Waals surface area contributed by atoms with Crippen LogP contribution in [0.1, 0.15) is 5.56 Å². The summed E-state index contributed by atoms with van der Waals surface area (Å²) >= 11 is 5.88. The van der Waals surface area contributed by atoms with Crippen molar-refractivity contribution in [2.24, 2.45) is 0 Å². The first-order valence-corrected chi connectivity index (χ1v) is 7.23. The van der Waals surface area contributed by atoms with Crippen molar-refractivity contribution in [3.63, 3.8) is 0 Å². The molecule has 8 heteroatoms. The fourth-order valence-corrected chi connectivity index (χ4v) is 2.02. The lowest BCUT2D eigenvalue weighted by Crippen LogP contribution is -2.20. The maximum atomic E-state index is 12.8. The van der Waals surface area contributed by atoms with E-state index in [1.54, 1.807) is 24.3 Å². The number of benzene rings is 2. The van der Waals surface area contributed by atoms with E-state index in [-0.39, 0.29) is 18.9 Å². The minimum absolute atomic E-state index is 0.0120. The third kappa shape index (κ3) is 5.06. The second-order valence-electron chi connectivity index (χ2n) is 4.58. The predicted molar refractivity (Wildman–Crippen MR) is 83.4 cm³/mol. The highest BCUT2D eigenvalue weighted by Crippen LogP contribution is 2.34. The van der Waals surface area contributed by atoms with Gasteiger partial charge in [-0.25, -0.2) is 4.79 Å². The van der Waals surface area contributed by atoms with Gasteiger partial charge in [0.15, 0.2) is 0 Å². The second kappa shape index (κ2) is 7.92. The van der Waals surface area contributed by atoms with E-state index >= 15 is 0 Å². The van der Waals surface area contributed by atoms with Gasteiger partial charge in [0.1, 0.15) is 19.0 Å². The predicted octanol–water partition coefficient (Wildman–Crippen LogP) is 4.99. The Bertz CT molecular complexity index is 707. The van der Waals surface area contributed by atoms with Gasteiger partial charge < -0.3 is 9.47 Å². The van der Waals surface area contributed by atoms with Crippen LogP contribution in [-0.2, 0) is 10.9 Å². The van der Waals surface area contributed by atoms with E-state index in [0.717, 1.165) is 12.1 Å². The number of para-hydroxylation sites is 2. The zero-order valence-corrected chi connectivity index (χ0v) is 13.0. The lowest BCUT2D eigenvalue weighted by Gasteiger charge is -2.13. The molecule has 4 nitrogen and oxygen atoms in total. The van der Waals surface area contributed by atoms with Crippen molar-refractivity contribution in [2.45, 2.75) is 6.18 Å². The number of halogens is 4. The SMILES string of the molecule is O=C(Nc1ccccc1C(F)(F)F)OCCOc1ccccc1Cl. The minimum atomic E-state index is -4.57. The molecule has 0 aromatic heterocycles. The van der Waals surface area contributed by atoms with Crippen LogP contribution in [0.3, 0.4) is 0 Å². The van der Waals surface area contributed by atoms with Crippen molar-refractivity contribution < 1.29 is 27.4 Å². The molecule has 0 aliphatic carbocycles. The molecule has 0 saturated heterocycles. The van der Waals surface area contributed by atoms with Crippen LogP contribution in [0, 0.1) is 0 Å². The summed E-state index contributed by atoms with van der Waals surface area (Å²) in [7, 11) is 0. The van der Waals surface area contributed by atoms with Gasteiger partial charge in [-0.2, -0.15) is 13.2 Å². The second-order valence-corrected chi connectivity index (χ2v) is 4.99. The third-order valence-corrected chi connectivity index (χ3v) is 3.19. The number of anilines is 1. The molecule has 0 aliphatic heterocycles. The number of nitrogens with one attached hydrogen (secondary N) is 1. The molecule has 0 atom stereocenters. The Hall–Kier alpha value is -2.41. The van der Waals surface area contributed by atoms with Crippen molar-refractivity contribution in [1.82, 2.24) is 0 Å². The van der Waals surface area contributed by atoms with Crippen molar-refractivity contribution in [1.29, 1.82) is 0 Å². The first-order valence-electron chi connectivity index (χ1n) is 6.85. The molecule has 0 aliphatic rings. The maximum absolute atomic E-state index is 12.8. The smallest absolute Gasteiger partial charge is 0.418 e. The van der Waals surface area contributed by atoms with E-state index < -0.39 is 17.8 Å². The number of ether oxygens (including phenoxy) is 2. The number of alkyl halides is 3. The quantitative estimate of drug-likeness (QED) is 0.765. The van der Waals surface area contributed by atoms with Crippen LogP contribution < -0.4 is 10.1 Å². The zero-order chi connectivity index (χ0) is 17.6. The summed E-state index contributed by atoms with van der Waals surface area (Å²) in [5, 5.41) is 2.47. The van der Waals surface area contributed by atoms with Crippen LogP contribution >= 0.6 is 11.6 Å². The van der Waals surface area contributed by atoms with Gasteiger partial charge in [0.2, 0.25) is 0 Å². The van der Waals surface area contributed by atoms with Crippen molar-refractivity contribution in [3.05, 3.63) is 59.1 Å². The van der Waals surface area contributed by atoms with E-state index in [9.17, 15) is 18.0 Å². The van der Waals surface area contributed by atoms with Gasteiger partial charge in [0.25, 0.3) is 0 Å². The molecular weight excluding hydrogens is 347 g/mol. The molecule has 0 heterocycles. The van der Waals surface area contributed by atoms with Gasteiger partial charge >= 0.3 is 12.3 Å². The molecule has 0 saturated carbocycles. The molecule has 2 rings (SSSR count). The molecule has 2 aromatic carbocycles. The van der Waals surface area contributed by atoms with E-state index in [1.165, 1.54) is 12.1 Å². The van der Waals surface area contributed by atoms with Crippen LogP contribution in [0.4, 0.5) is 23.7 Å². The number of hydrogen-bond donors (Lipinski definition) is 1. The van der Waals surface area contributed by atoms with Gasteiger partial charge in [-0.15, -0.1) is 0 Å². The Morgan fingerprint density at radius 3 is 2.42 bits per heavy atom. The number of rotatable bonds is 5. The van der Waals surface area contributed by atoms with Gasteiger partial charge in [-0.3, -0.25) is 5.32 Å². The average Bonchev–Trinajstić information content (AvgIpc) is 2.52. The van der Waals surface area contributed by atoms with Gasteiger partial charge in [-0.05, 0) is 24.3 Å². The molecule has 0 fully saturated rings. The van der Waals surface area contributed by atoms with Crippen LogP contribution in [-0.4, -0.2) is 19.3 Å². The van der Waals surface area contributed by atoms with Crippen LogP contribution in [0.2, 0.25) is 5.02 Å². The molecule has 1 N–H and O–H groups in total. The van der Waals surface area contributed by atoms with E-state index in [4.69, 9.17) is 21.1 Å². The Balaban J connectivity index is 1.83. The van der Waals surface area contributed by atoms with Crippen molar-refractivity contribution in [3.8, 4) is 5.75 Å². The van der Waals surface area contributed by atoms with E-state index in [2.05, 4.69) is 5.32 Å². The molecule has 1 amide bonds. The summed E-state index contributed by atoms with van der Waals surface area (Å²) in [6.07, 6.45) is -5.58. The highest BCUT2D eigenvalue weighted by atomic mass is 35.5. The zero-order valence-electron chi connectivity index (χ0n) is 12.3. The Morgan fingerprint density at radius 1 is 1.04 bits per heavy atom. The average molecular weight is 360 g/mol. The fraction of sp³-hybridized carbons (Fsp3) is 0.188. The fourth-order valence-electron chi connectivity index (χ4n) is 1.83. The summed E-state index contributed by atoms with van der Waals surface area (Å²) < 4.78 is 48.5. The van der Waals surface area contributed by atoms with Crippen LogP contribution in [0.5, 0.6) is 5.75 Å². The molecule has 0 spiro atoms. The highest BCUT2D eigenvalue weighted by Gasteiger charge is 2.33. The first kappa shape index (κ1) is 17.9. The molecule has 24 heavy (non-hydrogen) atoms. The molecule has 0 radical (unpaired) electrons. The molecule has 2 aromatic rings. The maximum Gasteiger partial charge on any atom is 0.418 e. The number of carbonyl (C=O) groups is 1. The standard InChI is InChI=1S/C16H13ClF3NO3/c17-12-6-2-4-8-14(12)23-9-10-24-15(22)21-13-7-3-1-5-11(13)16(18,19)20/h1-8H,9-10H2,(H,21,22). The summed E-state index contributed by atoms with van der Waals surface area (Å²) in [6, 6.07) is 11.4. The lowest BCUT2D eigenvalue weighted by molar-refractivity contribution is -0.136. The van der Waals surface area contributed by atoms with E-state index in [1.807, 2.05) is 0 Å². The van der Waals surface area contributed by atoms with Gasteiger partial charge in [0, 0.05) is 0 Å². The van der Waals surface area contributed by atoms with E-state index in [0.29, 0.717) is 10.8 Å². The summed E-state index contributed by atoms with van der Waals surface area (Å²) in [6.45, 7) is -0.136. The number of hydrogen-bond acceptors (Lipinski definition) is 3. The molecule has 0 unspecified atom stereocenters. The summed E-state index contributed by atoms with van der Waals surface area (Å²) in [5.41, 5.74) is -1.32. The highest BCUT2D eigenvalue weighted by molar-refractivity contribution is 6.32. The normalized spacial score (nSPS) is 11.0. The van der Waals surface area contributed by atoms with Crippen molar-refractivity contribution >= 4 is 23.4 Å². The van der Waals surface area contributed by atoms with Crippen molar-refractivity contribution in [2.75, 3.05) is 18.5 Å². The lowest BCUT2D eigenvalue weighted by atomic mass is 10.2. The third-order valence-electron chi connectivity index (χ3n) is 2.88. The topological polar surface area (TPSA) is 47.6 Å². The number of carbonyl (C=O) groups excluding carboxylic acids is 1. The summed E-state index contributed by atoms with van der Waals surface area (Å²) in [5.74, 6) is 0.422. The van der Waals surface area contributed by atoms with Gasteiger partial charge in [-0.1, -0.05) is 35.9 Å². The largest absolute Gasteiger partial charge is 0.488 e. The minimum Gasteiger partial charge on any atom is -0.488 e. The Morgan fingerprint density at radius 2 is 1.71 bits per heavy atom. The Kier molecular flexibility index (Phi) is 5.92. The van der Waals surface area contributed by atoms with Crippen LogP contribution in [0.25, 0.3) is 0 Å². The molecule has 128 valence electrons. The molecular formula is C16H13ClF3NO3. The monoisotopic (exact) mass is 359 g/mol.